The monoisotopic (exact) mass is 274 g/mol. The zero-order valence-electron chi connectivity index (χ0n) is 13.4. The average Bonchev–Trinajstić information content (AvgIpc) is 2.49. The summed E-state index contributed by atoms with van der Waals surface area (Å²) in [5, 5.41) is 3.79. The number of rotatable bonds is 6. The van der Waals surface area contributed by atoms with Gasteiger partial charge in [-0.15, -0.1) is 0 Å². The Hall–Kier alpha value is -1.02. The van der Waals surface area contributed by atoms with E-state index in [9.17, 15) is 0 Å². The van der Waals surface area contributed by atoms with Crippen LogP contribution in [0.1, 0.15) is 57.1 Å². The summed E-state index contributed by atoms with van der Waals surface area (Å²) in [6, 6.07) is 9.68. The molecule has 1 saturated carbocycles. The Morgan fingerprint density at radius 2 is 1.75 bits per heavy atom. The van der Waals surface area contributed by atoms with Crippen LogP contribution in [0.15, 0.2) is 24.3 Å². The number of nitrogens with zero attached hydrogens (tertiary/aromatic N) is 1. The highest BCUT2D eigenvalue weighted by Crippen LogP contribution is 2.34. The molecule has 0 saturated heterocycles. The Balaban J connectivity index is 2.11. The first-order chi connectivity index (χ1) is 9.72. The molecule has 0 aromatic heterocycles. The summed E-state index contributed by atoms with van der Waals surface area (Å²) in [6.07, 6.45) is 8.22. The Morgan fingerprint density at radius 1 is 1.10 bits per heavy atom. The van der Waals surface area contributed by atoms with E-state index in [0.717, 1.165) is 12.5 Å². The third-order valence-corrected chi connectivity index (χ3v) is 4.50. The predicted molar refractivity (Wildman–Crippen MR) is 88.4 cm³/mol. The second-order valence-corrected chi connectivity index (χ2v) is 6.32. The van der Waals surface area contributed by atoms with E-state index in [0.29, 0.717) is 6.04 Å². The first-order valence-electron chi connectivity index (χ1n) is 8.23. The molecule has 0 amide bonds. The summed E-state index contributed by atoms with van der Waals surface area (Å²) < 4.78 is 0. The molecule has 2 rings (SSSR count). The molecule has 20 heavy (non-hydrogen) atoms. The van der Waals surface area contributed by atoms with Gasteiger partial charge in [0.2, 0.25) is 0 Å². The van der Waals surface area contributed by atoms with Crippen molar-refractivity contribution >= 4 is 5.69 Å². The van der Waals surface area contributed by atoms with Gasteiger partial charge in [-0.25, -0.2) is 0 Å². The summed E-state index contributed by atoms with van der Waals surface area (Å²) in [5.41, 5.74) is 2.75. The van der Waals surface area contributed by atoms with Crippen LogP contribution in [-0.4, -0.2) is 20.6 Å². The lowest BCUT2D eigenvalue weighted by Crippen LogP contribution is -2.30. The molecule has 0 radical (unpaired) electrons. The molecule has 0 spiro atoms. The van der Waals surface area contributed by atoms with E-state index in [1.54, 1.807) is 0 Å². The number of anilines is 1. The topological polar surface area (TPSA) is 15.3 Å². The first-order valence-corrected chi connectivity index (χ1v) is 8.23. The molecule has 112 valence electrons. The average molecular weight is 274 g/mol. The van der Waals surface area contributed by atoms with Crippen LogP contribution in [0, 0.1) is 5.92 Å². The summed E-state index contributed by atoms with van der Waals surface area (Å²) in [4.78, 5) is 2.17. The van der Waals surface area contributed by atoms with E-state index < -0.39 is 0 Å². The van der Waals surface area contributed by atoms with E-state index in [1.807, 2.05) is 0 Å². The second-order valence-electron chi connectivity index (χ2n) is 6.32. The highest BCUT2D eigenvalue weighted by Gasteiger charge is 2.24. The minimum Gasteiger partial charge on any atom is -0.378 e. The quantitative estimate of drug-likeness (QED) is 0.828. The summed E-state index contributed by atoms with van der Waals surface area (Å²) in [6.45, 7) is 3.37. The number of nitrogens with one attached hydrogen (secondary N) is 1. The molecule has 0 bridgehead atoms. The summed E-state index contributed by atoms with van der Waals surface area (Å²) in [5.74, 6) is 0.820. The maximum atomic E-state index is 3.79. The maximum Gasteiger partial charge on any atom is 0.0361 e. The molecular weight excluding hydrogens is 244 g/mol. The standard InChI is InChI=1S/C18H30N2/c1-4-14-19-18(15-8-6-5-7-9-15)16-10-12-17(13-11-16)20(2)3/h10-13,15,18-19H,4-9,14H2,1-3H3. The van der Waals surface area contributed by atoms with E-state index in [4.69, 9.17) is 0 Å². The lowest BCUT2D eigenvalue weighted by Gasteiger charge is -2.31. The molecule has 1 aromatic carbocycles. The molecule has 1 unspecified atom stereocenters. The van der Waals surface area contributed by atoms with Crippen molar-refractivity contribution in [3.8, 4) is 0 Å². The molecular formula is C18H30N2. The van der Waals surface area contributed by atoms with Crippen molar-refractivity contribution < 1.29 is 0 Å². The van der Waals surface area contributed by atoms with Crippen LogP contribution in [-0.2, 0) is 0 Å². The van der Waals surface area contributed by atoms with Gasteiger partial charge in [-0.2, -0.15) is 0 Å². The van der Waals surface area contributed by atoms with Gasteiger partial charge in [0.05, 0.1) is 0 Å². The smallest absolute Gasteiger partial charge is 0.0361 e. The molecule has 0 heterocycles. The van der Waals surface area contributed by atoms with Gasteiger partial charge in [-0.3, -0.25) is 0 Å². The summed E-state index contributed by atoms with van der Waals surface area (Å²) in [7, 11) is 4.20. The van der Waals surface area contributed by atoms with Crippen molar-refractivity contribution in [2.75, 3.05) is 25.5 Å². The van der Waals surface area contributed by atoms with Crippen LogP contribution < -0.4 is 10.2 Å². The van der Waals surface area contributed by atoms with Gasteiger partial charge in [-0.05, 0) is 49.4 Å². The molecule has 1 N–H and O–H groups in total. The van der Waals surface area contributed by atoms with Gasteiger partial charge < -0.3 is 10.2 Å². The molecule has 2 heteroatoms. The SMILES string of the molecule is CCCNC(c1ccc(N(C)C)cc1)C1CCCCC1. The van der Waals surface area contributed by atoms with Gasteiger partial charge in [0, 0.05) is 25.8 Å². The molecule has 1 fully saturated rings. The Morgan fingerprint density at radius 3 is 2.30 bits per heavy atom. The lowest BCUT2D eigenvalue weighted by atomic mass is 9.81. The van der Waals surface area contributed by atoms with E-state index >= 15 is 0 Å². The first kappa shape index (κ1) is 15.4. The van der Waals surface area contributed by atoms with Crippen LogP contribution in [0.3, 0.4) is 0 Å². The van der Waals surface area contributed by atoms with Gasteiger partial charge >= 0.3 is 0 Å². The lowest BCUT2D eigenvalue weighted by molar-refractivity contribution is 0.272. The normalized spacial score (nSPS) is 17.9. The summed E-state index contributed by atoms with van der Waals surface area (Å²) >= 11 is 0. The van der Waals surface area contributed by atoms with E-state index in [2.05, 4.69) is 55.5 Å². The minimum atomic E-state index is 0.548. The zero-order chi connectivity index (χ0) is 14.4. The Labute approximate surface area is 124 Å². The fraction of sp³-hybridized carbons (Fsp3) is 0.667. The highest BCUT2D eigenvalue weighted by atomic mass is 15.1. The van der Waals surface area contributed by atoms with Crippen molar-refractivity contribution in [1.82, 2.24) is 5.32 Å². The predicted octanol–water partition coefficient (Wildman–Crippen LogP) is 4.37. The van der Waals surface area contributed by atoms with Gasteiger partial charge in [0.1, 0.15) is 0 Å². The van der Waals surface area contributed by atoms with Gasteiger partial charge in [-0.1, -0.05) is 38.3 Å². The van der Waals surface area contributed by atoms with Crippen molar-refractivity contribution in [3.63, 3.8) is 0 Å². The number of hydrogen-bond donors (Lipinski definition) is 1. The van der Waals surface area contributed by atoms with Crippen LogP contribution in [0.2, 0.25) is 0 Å². The molecule has 1 aliphatic rings. The van der Waals surface area contributed by atoms with Gasteiger partial charge in [0.25, 0.3) is 0 Å². The second kappa shape index (κ2) is 7.68. The van der Waals surface area contributed by atoms with E-state index in [-0.39, 0.29) is 0 Å². The van der Waals surface area contributed by atoms with Crippen LogP contribution in [0.25, 0.3) is 0 Å². The van der Waals surface area contributed by atoms with Crippen molar-refractivity contribution in [2.24, 2.45) is 5.92 Å². The van der Waals surface area contributed by atoms with Crippen molar-refractivity contribution in [1.29, 1.82) is 0 Å². The molecule has 0 aliphatic heterocycles. The van der Waals surface area contributed by atoms with Gasteiger partial charge in [0.15, 0.2) is 0 Å². The highest BCUT2D eigenvalue weighted by molar-refractivity contribution is 5.46. The number of hydrogen-bond acceptors (Lipinski definition) is 2. The molecule has 1 aromatic rings. The van der Waals surface area contributed by atoms with Crippen LogP contribution >= 0.6 is 0 Å². The maximum absolute atomic E-state index is 3.79. The Bertz CT molecular complexity index is 377. The largest absolute Gasteiger partial charge is 0.378 e. The number of benzene rings is 1. The molecule has 1 atom stereocenters. The Kier molecular flexibility index (Phi) is 5.90. The van der Waals surface area contributed by atoms with Crippen LogP contribution in [0.4, 0.5) is 5.69 Å². The zero-order valence-corrected chi connectivity index (χ0v) is 13.4. The van der Waals surface area contributed by atoms with Crippen molar-refractivity contribution in [3.05, 3.63) is 29.8 Å². The fourth-order valence-electron chi connectivity index (χ4n) is 3.30. The third kappa shape index (κ3) is 3.99. The third-order valence-electron chi connectivity index (χ3n) is 4.50. The van der Waals surface area contributed by atoms with E-state index in [1.165, 1.54) is 49.8 Å². The molecule has 2 nitrogen and oxygen atoms in total. The van der Waals surface area contributed by atoms with Crippen LogP contribution in [0.5, 0.6) is 0 Å². The minimum absolute atomic E-state index is 0.548. The molecule has 1 aliphatic carbocycles. The van der Waals surface area contributed by atoms with Crippen molar-refractivity contribution in [2.45, 2.75) is 51.5 Å². The fourth-order valence-corrected chi connectivity index (χ4v) is 3.30.